The van der Waals surface area contributed by atoms with Crippen LogP contribution in [0.25, 0.3) is 11.4 Å². The molecule has 1 aromatic carbocycles. The molecule has 0 saturated carbocycles. The van der Waals surface area contributed by atoms with Crippen LogP contribution in [-0.4, -0.2) is 23.2 Å². The van der Waals surface area contributed by atoms with Crippen molar-refractivity contribution in [3.63, 3.8) is 0 Å². The summed E-state index contributed by atoms with van der Waals surface area (Å²) in [5, 5.41) is 0. The SMILES string of the molecule is COc1ccc(-c2ncc(CCN)n2C)cc1F. The minimum Gasteiger partial charge on any atom is -0.494 e. The molecule has 0 saturated heterocycles. The quantitative estimate of drug-likeness (QED) is 0.898. The first-order chi connectivity index (χ1) is 8.67. The minimum absolute atomic E-state index is 0.232. The molecule has 0 bridgehead atoms. The topological polar surface area (TPSA) is 53.1 Å². The number of nitrogens with zero attached hydrogens (tertiary/aromatic N) is 2. The van der Waals surface area contributed by atoms with E-state index in [-0.39, 0.29) is 5.75 Å². The molecule has 0 aliphatic carbocycles. The van der Waals surface area contributed by atoms with Gasteiger partial charge in [-0.2, -0.15) is 0 Å². The number of aromatic nitrogens is 2. The molecular formula is C13H16FN3O. The first-order valence-electron chi connectivity index (χ1n) is 5.72. The van der Waals surface area contributed by atoms with Crippen molar-refractivity contribution in [2.24, 2.45) is 12.8 Å². The highest BCUT2D eigenvalue weighted by atomic mass is 19.1. The number of methoxy groups -OCH3 is 1. The van der Waals surface area contributed by atoms with E-state index in [4.69, 9.17) is 10.5 Å². The molecule has 2 aromatic rings. The Morgan fingerprint density at radius 2 is 2.22 bits per heavy atom. The summed E-state index contributed by atoms with van der Waals surface area (Å²) in [5.41, 5.74) is 7.27. The van der Waals surface area contributed by atoms with Crippen molar-refractivity contribution in [1.82, 2.24) is 9.55 Å². The van der Waals surface area contributed by atoms with E-state index >= 15 is 0 Å². The van der Waals surface area contributed by atoms with Gasteiger partial charge in [-0.15, -0.1) is 0 Å². The summed E-state index contributed by atoms with van der Waals surface area (Å²) in [7, 11) is 3.34. The van der Waals surface area contributed by atoms with Crippen LogP contribution in [0.5, 0.6) is 5.75 Å². The van der Waals surface area contributed by atoms with E-state index in [2.05, 4.69) is 4.98 Å². The molecule has 18 heavy (non-hydrogen) atoms. The fourth-order valence-electron chi connectivity index (χ4n) is 1.90. The predicted octanol–water partition coefficient (Wildman–Crippen LogP) is 1.74. The summed E-state index contributed by atoms with van der Waals surface area (Å²) >= 11 is 0. The number of hydrogen-bond donors (Lipinski definition) is 1. The first kappa shape index (κ1) is 12.6. The Hall–Kier alpha value is -1.88. The second-order valence-electron chi connectivity index (χ2n) is 4.02. The van der Waals surface area contributed by atoms with Crippen molar-refractivity contribution >= 4 is 0 Å². The van der Waals surface area contributed by atoms with E-state index in [1.807, 2.05) is 11.6 Å². The Kier molecular flexibility index (Phi) is 3.62. The molecule has 2 rings (SSSR count). The molecule has 4 nitrogen and oxygen atoms in total. The van der Waals surface area contributed by atoms with Crippen LogP contribution in [-0.2, 0) is 13.5 Å². The number of imidazole rings is 1. The summed E-state index contributed by atoms with van der Waals surface area (Å²) in [4.78, 5) is 4.30. The van der Waals surface area contributed by atoms with Gasteiger partial charge in [0.05, 0.1) is 7.11 Å². The number of hydrogen-bond acceptors (Lipinski definition) is 3. The fourth-order valence-corrected chi connectivity index (χ4v) is 1.90. The van der Waals surface area contributed by atoms with Crippen molar-refractivity contribution in [3.05, 3.63) is 35.9 Å². The molecule has 1 heterocycles. The normalized spacial score (nSPS) is 10.7. The molecule has 96 valence electrons. The van der Waals surface area contributed by atoms with Gasteiger partial charge in [0.15, 0.2) is 11.6 Å². The Balaban J connectivity index is 2.39. The summed E-state index contributed by atoms with van der Waals surface area (Å²) in [6.07, 6.45) is 2.52. The maximum atomic E-state index is 13.6. The molecule has 1 aromatic heterocycles. The number of ether oxygens (including phenoxy) is 1. The van der Waals surface area contributed by atoms with Crippen LogP contribution in [0.1, 0.15) is 5.69 Å². The van der Waals surface area contributed by atoms with Gasteiger partial charge in [0.1, 0.15) is 5.82 Å². The lowest BCUT2D eigenvalue weighted by molar-refractivity contribution is 0.386. The van der Waals surface area contributed by atoms with Gasteiger partial charge in [-0.3, -0.25) is 0 Å². The van der Waals surface area contributed by atoms with Crippen molar-refractivity contribution in [2.45, 2.75) is 6.42 Å². The van der Waals surface area contributed by atoms with Crippen molar-refractivity contribution in [3.8, 4) is 17.1 Å². The summed E-state index contributed by atoms with van der Waals surface area (Å²) in [5.74, 6) is 0.563. The maximum absolute atomic E-state index is 13.6. The number of halogens is 1. The third-order valence-corrected chi connectivity index (χ3v) is 2.89. The van der Waals surface area contributed by atoms with Crippen molar-refractivity contribution in [2.75, 3.05) is 13.7 Å². The van der Waals surface area contributed by atoms with Crippen LogP contribution >= 0.6 is 0 Å². The lowest BCUT2D eigenvalue weighted by Gasteiger charge is -2.07. The van der Waals surface area contributed by atoms with Gasteiger partial charge in [-0.1, -0.05) is 0 Å². The second kappa shape index (κ2) is 5.18. The first-order valence-corrected chi connectivity index (χ1v) is 5.72. The van der Waals surface area contributed by atoms with Crippen LogP contribution in [0, 0.1) is 5.82 Å². The van der Waals surface area contributed by atoms with E-state index < -0.39 is 5.82 Å². The number of nitrogens with two attached hydrogens (primary N) is 1. The minimum atomic E-state index is -0.390. The molecule has 0 amide bonds. The molecule has 0 aliphatic rings. The molecule has 5 heteroatoms. The highest BCUT2D eigenvalue weighted by Crippen LogP contribution is 2.24. The average Bonchev–Trinajstić information content (AvgIpc) is 2.72. The average molecular weight is 249 g/mol. The van der Waals surface area contributed by atoms with Crippen LogP contribution in [0.2, 0.25) is 0 Å². The van der Waals surface area contributed by atoms with E-state index in [1.54, 1.807) is 18.3 Å². The lowest BCUT2D eigenvalue weighted by Crippen LogP contribution is -2.07. The third kappa shape index (κ3) is 2.22. The monoisotopic (exact) mass is 249 g/mol. The largest absolute Gasteiger partial charge is 0.494 e. The molecule has 0 radical (unpaired) electrons. The Bertz CT molecular complexity index is 551. The van der Waals surface area contributed by atoms with Crippen LogP contribution in [0.15, 0.2) is 24.4 Å². The van der Waals surface area contributed by atoms with Gasteiger partial charge in [-0.05, 0) is 24.7 Å². The Morgan fingerprint density at radius 1 is 1.44 bits per heavy atom. The zero-order valence-corrected chi connectivity index (χ0v) is 10.5. The molecule has 2 N–H and O–H groups in total. The zero-order valence-electron chi connectivity index (χ0n) is 10.5. The maximum Gasteiger partial charge on any atom is 0.165 e. The summed E-state index contributed by atoms with van der Waals surface area (Å²) in [6.45, 7) is 0.565. The molecule has 0 aliphatic heterocycles. The predicted molar refractivity (Wildman–Crippen MR) is 67.9 cm³/mol. The molecule has 0 atom stereocenters. The van der Waals surface area contributed by atoms with Crippen LogP contribution in [0.3, 0.4) is 0 Å². The van der Waals surface area contributed by atoms with Crippen LogP contribution in [0.4, 0.5) is 4.39 Å². The molecule has 0 spiro atoms. The van der Waals surface area contributed by atoms with Gasteiger partial charge in [-0.25, -0.2) is 9.37 Å². The summed E-state index contributed by atoms with van der Waals surface area (Å²) in [6, 6.07) is 4.81. The highest BCUT2D eigenvalue weighted by Gasteiger charge is 2.11. The zero-order chi connectivity index (χ0) is 13.1. The van der Waals surface area contributed by atoms with E-state index in [0.717, 1.165) is 23.5 Å². The Labute approximate surface area is 105 Å². The summed E-state index contributed by atoms with van der Waals surface area (Å²) < 4.78 is 20.5. The van der Waals surface area contributed by atoms with Crippen molar-refractivity contribution in [1.29, 1.82) is 0 Å². The van der Waals surface area contributed by atoms with E-state index in [0.29, 0.717) is 6.54 Å². The number of rotatable bonds is 4. The van der Waals surface area contributed by atoms with Gasteiger partial charge < -0.3 is 15.0 Å². The van der Waals surface area contributed by atoms with Gasteiger partial charge in [0.25, 0.3) is 0 Å². The highest BCUT2D eigenvalue weighted by molar-refractivity contribution is 5.57. The van der Waals surface area contributed by atoms with Crippen LogP contribution < -0.4 is 10.5 Å². The molecule has 0 unspecified atom stereocenters. The van der Waals surface area contributed by atoms with Gasteiger partial charge in [0, 0.05) is 30.9 Å². The lowest BCUT2D eigenvalue weighted by atomic mass is 10.2. The van der Waals surface area contributed by atoms with Gasteiger partial charge in [0.2, 0.25) is 0 Å². The standard InChI is InChI=1S/C13H16FN3O/c1-17-10(5-6-15)8-16-13(17)9-3-4-12(18-2)11(14)7-9/h3-4,7-8H,5-6,15H2,1-2H3. The van der Waals surface area contributed by atoms with Gasteiger partial charge >= 0.3 is 0 Å². The second-order valence-corrected chi connectivity index (χ2v) is 4.02. The Morgan fingerprint density at radius 3 is 2.83 bits per heavy atom. The van der Waals surface area contributed by atoms with E-state index in [1.165, 1.54) is 13.2 Å². The number of benzene rings is 1. The smallest absolute Gasteiger partial charge is 0.165 e. The van der Waals surface area contributed by atoms with E-state index in [9.17, 15) is 4.39 Å². The molecule has 0 fully saturated rings. The molecular weight excluding hydrogens is 233 g/mol. The van der Waals surface area contributed by atoms with Crippen molar-refractivity contribution < 1.29 is 9.13 Å². The third-order valence-electron chi connectivity index (χ3n) is 2.89. The fraction of sp³-hybridized carbons (Fsp3) is 0.308.